The second-order valence-corrected chi connectivity index (χ2v) is 12.7. The molecule has 7 rings (SSSR count). The van der Waals surface area contributed by atoms with Crippen molar-refractivity contribution in [3.63, 3.8) is 0 Å². The summed E-state index contributed by atoms with van der Waals surface area (Å²) in [7, 11) is -3.80. The van der Waals surface area contributed by atoms with E-state index in [1.54, 1.807) is 30.3 Å². The quantitative estimate of drug-likeness (QED) is 0.295. The van der Waals surface area contributed by atoms with Crippen LogP contribution in [0.4, 0.5) is 4.79 Å². The van der Waals surface area contributed by atoms with Gasteiger partial charge in [0, 0.05) is 22.6 Å². The van der Waals surface area contributed by atoms with Gasteiger partial charge in [-0.1, -0.05) is 41.9 Å². The SMILES string of the molecule is NS(=O)(=O)c1ccc(-c2ccc(C=C3SC(=O)NC34Oc3ccccc3C3CC(c5ccc(Cl)cc5)=NN34)o2)cc1. The molecule has 1 saturated heterocycles. The minimum atomic E-state index is -3.80. The fraction of sp³-hybridized carbons (Fsp3) is 0.103. The lowest BCUT2D eigenvalue weighted by atomic mass is 9.96. The number of furan rings is 1. The average Bonchev–Trinajstić information content (AvgIpc) is 3.68. The van der Waals surface area contributed by atoms with Crippen molar-refractivity contribution in [3.8, 4) is 17.1 Å². The summed E-state index contributed by atoms with van der Waals surface area (Å²) in [5, 5.41) is 15.4. The van der Waals surface area contributed by atoms with Crippen LogP contribution < -0.4 is 15.2 Å². The second-order valence-electron chi connectivity index (χ2n) is 9.70. The van der Waals surface area contributed by atoms with Gasteiger partial charge in [-0.05, 0) is 78.0 Å². The van der Waals surface area contributed by atoms with Crippen LogP contribution in [0.1, 0.15) is 29.3 Å². The fourth-order valence-corrected chi connectivity index (χ4v) is 6.74. The number of hydrogen-bond acceptors (Lipinski definition) is 8. The largest absolute Gasteiger partial charge is 0.457 e. The molecular weight excluding hydrogens is 584 g/mol. The third-order valence-corrected chi connectivity index (χ3v) is 9.20. The van der Waals surface area contributed by atoms with Gasteiger partial charge in [-0.25, -0.2) is 18.6 Å². The number of hydrogen-bond donors (Lipinski definition) is 2. The normalized spacial score (nSPS) is 22.3. The van der Waals surface area contributed by atoms with Crippen LogP contribution in [0.5, 0.6) is 5.75 Å². The Labute approximate surface area is 244 Å². The van der Waals surface area contributed by atoms with E-state index in [1.807, 2.05) is 53.5 Å². The van der Waals surface area contributed by atoms with E-state index in [9.17, 15) is 13.2 Å². The van der Waals surface area contributed by atoms with E-state index in [4.69, 9.17) is 31.0 Å². The molecule has 206 valence electrons. The monoisotopic (exact) mass is 604 g/mol. The summed E-state index contributed by atoms with van der Waals surface area (Å²) in [6.07, 6.45) is 2.36. The van der Waals surface area contributed by atoms with Crippen molar-refractivity contribution >= 4 is 50.4 Å². The molecule has 3 N–H and O–H groups in total. The van der Waals surface area contributed by atoms with E-state index in [0.717, 1.165) is 28.6 Å². The number of nitrogens with zero attached hydrogens (tertiary/aromatic N) is 2. The molecule has 41 heavy (non-hydrogen) atoms. The molecule has 9 nitrogen and oxygen atoms in total. The van der Waals surface area contributed by atoms with Gasteiger partial charge in [0.1, 0.15) is 17.3 Å². The van der Waals surface area contributed by atoms with Crippen molar-refractivity contribution in [1.82, 2.24) is 10.3 Å². The first-order chi connectivity index (χ1) is 19.7. The predicted molar refractivity (Wildman–Crippen MR) is 157 cm³/mol. The highest BCUT2D eigenvalue weighted by Gasteiger charge is 2.58. The summed E-state index contributed by atoms with van der Waals surface area (Å²) in [5.74, 6) is 0.282. The molecule has 1 aromatic heterocycles. The minimum absolute atomic E-state index is 0.0115. The number of carbonyl (C=O) groups is 1. The second kappa shape index (κ2) is 9.52. The Morgan fingerprint density at radius 2 is 1.76 bits per heavy atom. The lowest BCUT2D eigenvalue weighted by molar-refractivity contribution is -0.0949. The molecule has 3 aromatic carbocycles. The molecule has 2 unspecified atom stereocenters. The van der Waals surface area contributed by atoms with E-state index >= 15 is 0 Å². The maximum absolute atomic E-state index is 12.9. The summed E-state index contributed by atoms with van der Waals surface area (Å²) >= 11 is 7.13. The molecule has 1 spiro atoms. The number of carbonyl (C=O) groups excluding carboxylic acids is 1. The van der Waals surface area contributed by atoms with Crippen LogP contribution in [0.3, 0.4) is 0 Å². The average molecular weight is 605 g/mol. The number of amides is 1. The lowest BCUT2D eigenvalue weighted by Gasteiger charge is -2.44. The summed E-state index contributed by atoms with van der Waals surface area (Å²) < 4.78 is 35.8. The molecule has 3 aliphatic rings. The number of hydrazone groups is 1. The first kappa shape index (κ1) is 25.9. The Balaban J connectivity index is 1.28. The lowest BCUT2D eigenvalue weighted by Crippen LogP contribution is -2.61. The Hall–Kier alpha value is -4.03. The number of nitrogens with two attached hydrogens (primary N) is 1. The molecular formula is C29H21ClN4O5S2. The number of nitrogens with one attached hydrogen (secondary N) is 1. The molecule has 0 aliphatic carbocycles. The molecule has 1 fully saturated rings. The van der Waals surface area contributed by atoms with Gasteiger partial charge >= 0.3 is 5.85 Å². The molecule has 0 bridgehead atoms. The first-order valence-electron chi connectivity index (χ1n) is 12.6. The Bertz CT molecular complexity index is 1870. The van der Waals surface area contributed by atoms with E-state index in [0.29, 0.717) is 39.2 Å². The van der Waals surface area contributed by atoms with Gasteiger partial charge in [0.2, 0.25) is 10.0 Å². The number of rotatable bonds is 4. The Morgan fingerprint density at radius 1 is 1.02 bits per heavy atom. The highest BCUT2D eigenvalue weighted by atomic mass is 35.5. The number of thioether (sulfide) groups is 1. The fourth-order valence-electron chi connectivity index (χ4n) is 5.21. The number of sulfonamides is 1. The van der Waals surface area contributed by atoms with Gasteiger partial charge in [0.25, 0.3) is 5.24 Å². The summed E-state index contributed by atoms with van der Waals surface area (Å²) in [5.41, 5.74) is 3.42. The molecule has 1 amide bonds. The van der Waals surface area contributed by atoms with Gasteiger partial charge in [0.05, 0.1) is 21.6 Å². The predicted octanol–water partition coefficient (Wildman–Crippen LogP) is 5.94. The van der Waals surface area contributed by atoms with Crippen LogP contribution in [0.2, 0.25) is 5.02 Å². The van der Waals surface area contributed by atoms with Gasteiger partial charge in [0.15, 0.2) is 0 Å². The van der Waals surface area contributed by atoms with E-state index in [-0.39, 0.29) is 16.2 Å². The number of halogens is 1. The minimum Gasteiger partial charge on any atom is -0.457 e. The van der Waals surface area contributed by atoms with Crippen molar-refractivity contribution in [2.75, 3.05) is 0 Å². The molecule has 4 heterocycles. The highest BCUT2D eigenvalue weighted by molar-refractivity contribution is 8.17. The molecule has 0 radical (unpaired) electrons. The van der Waals surface area contributed by atoms with Crippen molar-refractivity contribution < 1.29 is 22.4 Å². The van der Waals surface area contributed by atoms with Gasteiger partial charge in [-0.3, -0.25) is 10.1 Å². The zero-order valence-corrected chi connectivity index (χ0v) is 23.5. The summed E-state index contributed by atoms with van der Waals surface area (Å²) in [6, 6.07) is 24.7. The topological polar surface area (TPSA) is 127 Å². The van der Waals surface area contributed by atoms with Crippen LogP contribution in [-0.4, -0.2) is 30.2 Å². The number of ether oxygens (including phenoxy) is 1. The van der Waals surface area contributed by atoms with Gasteiger partial charge in [-0.15, -0.1) is 0 Å². The standard InChI is InChI=1S/C29H21ClN4O5S2/c30-19-9-5-17(6-10-19)23-16-24-22-3-1-2-4-26(22)39-29(34(24)33-23)27(40-28(35)32-29)15-20-11-14-25(38-20)18-7-12-21(13-8-18)41(31,36)37/h1-15,24H,16H2,(H,32,35)(H2,31,36,37). The van der Waals surface area contributed by atoms with Gasteiger partial charge < -0.3 is 9.15 Å². The van der Waals surface area contributed by atoms with Crippen LogP contribution in [0.15, 0.2) is 104 Å². The van der Waals surface area contributed by atoms with E-state index < -0.39 is 15.9 Å². The third-order valence-electron chi connectivity index (χ3n) is 7.12. The van der Waals surface area contributed by atoms with Crippen LogP contribution in [-0.2, 0) is 10.0 Å². The summed E-state index contributed by atoms with van der Waals surface area (Å²) in [4.78, 5) is 13.5. The molecule has 12 heteroatoms. The number of primary sulfonamides is 1. The number of fused-ring (bicyclic) bond motifs is 4. The van der Waals surface area contributed by atoms with E-state index in [1.165, 1.54) is 12.1 Å². The van der Waals surface area contributed by atoms with Crippen molar-refractivity contribution in [1.29, 1.82) is 0 Å². The molecule has 4 aromatic rings. The molecule has 2 atom stereocenters. The first-order valence-corrected chi connectivity index (χ1v) is 15.3. The Kier molecular flexibility index (Phi) is 6.02. The van der Waals surface area contributed by atoms with Crippen LogP contribution in [0, 0.1) is 0 Å². The molecule has 3 aliphatic heterocycles. The summed E-state index contributed by atoms with van der Waals surface area (Å²) in [6.45, 7) is 0. The van der Waals surface area contributed by atoms with Crippen molar-refractivity contribution in [3.05, 3.63) is 112 Å². The highest BCUT2D eigenvalue weighted by Crippen LogP contribution is 2.52. The third kappa shape index (κ3) is 4.51. The maximum atomic E-state index is 12.9. The molecule has 0 saturated carbocycles. The number of para-hydroxylation sites is 1. The van der Waals surface area contributed by atoms with Gasteiger partial charge in [-0.2, -0.15) is 5.10 Å². The van der Waals surface area contributed by atoms with E-state index in [2.05, 4.69) is 5.32 Å². The maximum Gasteiger partial charge on any atom is 0.314 e. The van der Waals surface area contributed by atoms with Crippen molar-refractivity contribution in [2.24, 2.45) is 10.2 Å². The van der Waals surface area contributed by atoms with Crippen LogP contribution in [0.25, 0.3) is 17.4 Å². The zero-order chi connectivity index (χ0) is 28.4. The van der Waals surface area contributed by atoms with Crippen molar-refractivity contribution in [2.45, 2.75) is 23.2 Å². The smallest absolute Gasteiger partial charge is 0.314 e. The Morgan fingerprint density at radius 3 is 2.51 bits per heavy atom. The number of benzene rings is 3. The zero-order valence-electron chi connectivity index (χ0n) is 21.2. The van der Waals surface area contributed by atoms with Crippen LogP contribution >= 0.6 is 23.4 Å².